The molecule has 170 valence electrons. The molecular formula is C25H33N5OS. The third kappa shape index (κ3) is 5.45. The van der Waals surface area contributed by atoms with Crippen molar-refractivity contribution in [1.82, 2.24) is 25.0 Å². The highest BCUT2D eigenvalue weighted by Gasteiger charge is 2.26. The van der Waals surface area contributed by atoms with E-state index in [1.807, 2.05) is 26.0 Å². The van der Waals surface area contributed by atoms with Crippen LogP contribution in [0.25, 0.3) is 0 Å². The molecule has 1 atom stereocenters. The second kappa shape index (κ2) is 9.96. The first-order valence-electron chi connectivity index (χ1n) is 11.4. The fourth-order valence-electron chi connectivity index (χ4n) is 4.49. The minimum atomic E-state index is -0.159. The van der Waals surface area contributed by atoms with E-state index in [1.165, 1.54) is 5.56 Å². The Morgan fingerprint density at radius 1 is 1.12 bits per heavy atom. The van der Waals surface area contributed by atoms with E-state index in [0.717, 1.165) is 61.8 Å². The van der Waals surface area contributed by atoms with Crippen LogP contribution >= 0.6 is 11.3 Å². The van der Waals surface area contributed by atoms with Crippen molar-refractivity contribution < 1.29 is 4.79 Å². The molecule has 32 heavy (non-hydrogen) atoms. The van der Waals surface area contributed by atoms with Crippen LogP contribution in [-0.4, -0.2) is 38.7 Å². The number of amides is 1. The highest BCUT2D eigenvalue weighted by Crippen LogP contribution is 2.24. The summed E-state index contributed by atoms with van der Waals surface area (Å²) >= 11 is 1.75. The summed E-state index contributed by atoms with van der Waals surface area (Å²) in [5, 5.41) is 16.7. The summed E-state index contributed by atoms with van der Waals surface area (Å²) in [5.74, 6) is 2.27. The van der Waals surface area contributed by atoms with Crippen molar-refractivity contribution in [3.63, 3.8) is 0 Å². The average molecular weight is 452 g/mol. The van der Waals surface area contributed by atoms with Crippen LogP contribution in [0.2, 0.25) is 0 Å². The zero-order chi connectivity index (χ0) is 22.7. The van der Waals surface area contributed by atoms with Gasteiger partial charge < -0.3 is 9.88 Å². The third-order valence-corrected chi connectivity index (χ3v) is 6.67. The number of hydrogen-bond donors (Lipinski definition) is 1. The molecule has 3 aromatic rings. The number of aromatic nitrogens is 3. The predicted molar refractivity (Wildman–Crippen MR) is 129 cm³/mol. The Hall–Kier alpha value is -2.51. The van der Waals surface area contributed by atoms with Crippen molar-refractivity contribution in [2.45, 2.75) is 59.7 Å². The van der Waals surface area contributed by atoms with Crippen LogP contribution in [0.1, 0.15) is 65.0 Å². The Kier molecular flexibility index (Phi) is 7.06. The minimum Gasteiger partial charge on any atom is -0.342 e. The van der Waals surface area contributed by atoms with Gasteiger partial charge in [-0.25, -0.2) is 0 Å². The fraction of sp³-hybridized carbons (Fsp3) is 0.480. The topological polar surface area (TPSA) is 63.1 Å². The van der Waals surface area contributed by atoms with E-state index in [1.54, 1.807) is 11.3 Å². The maximum absolute atomic E-state index is 13.1. The van der Waals surface area contributed by atoms with Gasteiger partial charge in [-0.05, 0) is 60.7 Å². The lowest BCUT2D eigenvalue weighted by Crippen LogP contribution is -2.32. The number of rotatable bonds is 7. The monoisotopic (exact) mass is 451 g/mol. The van der Waals surface area contributed by atoms with Gasteiger partial charge in [-0.15, -0.1) is 10.2 Å². The second-order valence-corrected chi connectivity index (χ2v) is 10.1. The van der Waals surface area contributed by atoms with Crippen LogP contribution in [-0.2, 0) is 19.5 Å². The molecule has 0 radical (unpaired) electrons. The van der Waals surface area contributed by atoms with E-state index in [-0.39, 0.29) is 11.9 Å². The first-order chi connectivity index (χ1) is 15.4. The molecule has 4 rings (SSSR count). The van der Waals surface area contributed by atoms with Crippen LogP contribution < -0.4 is 5.32 Å². The van der Waals surface area contributed by atoms with Crippen LogP contribution in [0.15, 0.2) is 35.0 Å². The van der Waals surface area contributed by atoms with Crippen LogP contribution in [0.3, 0.4) is 0 Å². The highest BCUT2D eigenvalue weighted by molar-refractivity contribution is 7.07. The lowest BCUT2D eigenvalue weighted by molar-refractivity contribution is 0.0928. The highest BCUT2D eigenvalue weighted by atomic mass is 32.1. The van der Waals surface area contributed by atoms with Gasteiger partial charge in [0.15, 0.2) is 5.82 Å². The molecule has 2 aromatic heterocycles. The molecule has 0 saturated heterocycles. The molecule has 1 amide bonds. The summed E-state index contributed by atoms with van der Waals surface area (Å²) < 4.78 is 2.24. The Morgan fingerprint density at radius 2 is 1.91 bits per heavy atom. The van der Waals surface area contributed by atoms with Crippen molar-refractivity contribution in [2.24, 2.45) is 5.92 Å². The molecular weight excluding hydrogens is 418 g/mol. The summed E-state index contributed by atoms with van der Waals surface area (Å²) in [6, 6.07) is 8.02. The molecule has 0 saturated carbocycles. The predicted octanol–water partition coefficient (Wildman–Crippen LogP) is 4.53. The van der Waals surface area contributed by atoms with E-state index in [9.17, 15) is 4.79 Å². The van der Waals surface area contributed by atoms with Gasteiger partial charge in [0.1, 0.15) is 5.82 Å². The molecule has 7 heteroatoms. The quantitative estimate of drug-likeness (QED) is 0.573. The molecule has 1 unspecified atom stereocenters. The SMILES string of the molecule is Cc1cc(C)cc(C(=O)NC(CC(C)C)c2nnc3n2CCN(Cc2ccsc2)CC3)c1. The van der Waals surface area contributed by atoms with Gasteiger partial charge in [-0.1, -0.05) is 31.0 Å². The van der Waals surface area contributed by atoms with E-state index in [4.69, 9.17) is 0 Å². The lowest BCUT2D eigenvalue weighted by atomic mass is 10.0. The summed E-state index contributed by atoms with van der Waals surface area (Å²) in [6.45, 7) is 12.1. The van der Waals surface area contributed by atoms with Gasteiger partial charge >= 0.3 is 0 Å². The average Bonchev–Trinajstić information content (AvgIpc) is 3.34. The molecule has 1 aromatic carbocycles. The van der Waals surface area contributed by atoms with Crippen molar-refractivity contribution in [2.75, 3.05) is 13.1 Å². The molecule has 6 nitrogen and oxygen atoms in total. The zero-order valence-electron chi connectivity index (χ0n) is 19.5. The molecule has 1 N–H and O–H groups in total. The Labute approximate surface area is 194 Å². The largest absolute Gasteiger partial charge is 0.342 e. The number of carbonyl (C=O) groups excluding carboxylic acids is 1. The Balaban J connectivity index is 1.52. The number of hydrogen-bond acceptors (Lipinski definition) is 5. The van der Waals surface area contributed by atoms with E-state index >= 15 is 0 Å². The van der Waals surface area contributed by atoms with E-state index in [0.29, 0.717) is 11.5 Å². The second-order valence-electron chi connectivity index (χ2n) is 9.32. The lowest BCUT2D eigenvalue weighted by Gasteiger charge is -2.22. The molecule has 0 bridgehead atoms. The number of thiophene rings is 1. The van der Waals surface area contributed by atoms with Gasteiger partial charge in [-0.3, -0.25) is 9.69 Å². The maximum atomic E-state index is 13.1. The molecule has 0 fully saturated rings. The number of nitrogens with one attached hydrogen (secondary N) is 1. The van der Waals surface area contributed by atoms with E-state index < -0.39 is 0 Å². The Morgan fingerprint density at radius 3 is 2.59 bits per heavy atom. The standard InChI is InChI=1S/C25H33N5OS/c1-17(2)11-22(26-25(31)21-13-18(3)12-19(4)14-21)24-28-27-23-5-7-29(8-9-30(23)24)15-20-6-10-32-16-20/h6,10,12-14,16-17,22H,5,7-9,11,15H2,1-4H3,(H,26,31). The number of fused-ring (bicyclic) bond motifs is 1. The van der Waals surface area contributed by atoms with Crippen molar-refractivity contribution in [1.29, 1.82) is 0 Å². The first kappa shape index (κ1) is 22.7. The van der Waals surface area contributed by atoms with Gasteiger partial charge in [0.2, 0.25) is 0 Å². The van der Waals surface area contributed by atoms with E-state index in [2.05, 4.69) is 61.7 Å². The normalized spacial score (nSPS) is 15.4. The first-order valence-corrected chi connectivity index (χ1v) is 12.4. The molecule has 0 spiro atoms. The molecule has 3 heterocycles. The van der Waals surface area contributed by atoms with Crippen LogP contribution in [0, 0.1) is 19.8 Å². The number of carbonyl (C=O) groups is 1. The van der Waals surface area contributed by atoms with Gasteiger partial charge in [-0.2, -0.15) is 11.3 Å². The maximum Gasteiger partial charge on any atom is 0.251 e. The van der Waals surface area contributed by atoms with Gasteiger partial charge in [0.25, 0.3) is 5.91 Å². The summed E-state index contributed by atoms with van der Waals surface area (Å²) in [5.41, 5.74) is 4.26. The number of nitrogens with zero attached hydrogens (tertiary/aromatic N) is 4. The van der Waals surface area contributed by atoms with Crippen molar-refractivity contribution in [3.8, 4) is 0 Å². The fourth-order valence-corrected chi connectivity index (χ4v) is 5.15. The molecule has 1 aliphatic heterocycles. The zero-order valence-corrected chi connectivity index (χ0v) is 20.3. The van der Waals surface area contributed by atoms with Gasteiger partial charge in [0.05, 0.1) is 6.04 Å². The molecule has 0 aliphatic carbocycles. The van der Waals surface area contributed by atoms with Crippen molar-refractivity contribution >= 4 is 17.2 Å². The summed E-state index contributed by atoms with van der Waals surface area (Å²) in [7, 11) is 0. The van der Waals surface area contributed by atoms with Crippen molar-refractivity contribution in [3.05, 3.63) is 68.9 Å². The summed E-state index contributed by atoms with van der Waals surface area (Å²) in [4.78, 5) is 15.6. The Bertz CT molecular complexity index is 1040. The number of aryl methyl sites for hydroxylation is 2. The van der Waals surface area contributed by atoms with Crippen LogP contribution in [0.4, 0.5) is 0 Å². The smallest absolute Gasteiger partial charge is 0.251 e. The summed E-state index contributed by atoms with van der Waals surface area (Å²) in [6.07, 6.45) is 1.70. The third-order valence-electron chi connectivity index (χ3n) is 5.94. The van der Waals surface area contributed by atoms with Gasteiger partial charge in [0, 0.05) is 38.2 Å². The number of benzene rings is 1. The van der Waals surface area contributed by atoms with Crippen LogP contribution in [0.5, 0.6) is 0 Å². The minimum absolute atomic E-state index is 0.0486. The molecule has 1 aliphatic rings.